The molecule has 0 aromatic heterocycles. The van der Waals surface area contributed by atoms with Gasteiger partial charge in [0.05, 0.1) is 0 Å². The van der Waals surface area contributed by atoms with Crippen LogP contribution in [0.1, 0.15) is 25.7 Å². The molecule has 4 heteroatoms. The van der Waals surface area contributed by atoms with Crippen LogP contribution in [0.5, 0.6) is 0 Å². The summed E-state index contributed by atoms with van der Waals surface area (Å²) in [5, 5.41) is 3.43. The van der Waals surface area contributed by atoms with E-state index in [0.29, 0.717) is 12.8 Å². The average molecular weight is 204 g/mol. The summed E-state index contributed by atoms with van der Waals surface area (Å²) in [5.41, 5.74) is -0.0192. The topological polar surface area (TPSA) is 15.3 Å². The lowest BCUT2D eigenvalue weighted by Crippen LogP contribution is -2.61. The molecule has 2 fully saturated rings. The lowest BCUT2D eigenvalue weighted by Gasteiger charge is -2.46. The number of hydrogen-bond donors (Lipinski definition) is 1. The highest BCUT2D eigenvalue weighted by Gasteiger charge is 2.44. The molecule has 1 saturated carbocycles. The summed E-state index contributed by atoms with van der Waals surface area (Å²) in [6, 6.07) is 0. The molecular formula is C10H18F2N2. The normalized spacial score (nSPS) is 31.9. The van der Waals surface area contributed by atoms with Crippen molar-refractivity contribution in [3.8, 4) is 0 Å². The zero-order chi connectivity index (χ0) is 10.2. The van der Waals surface area contributed by atoms with Crippen LogP contribution < -0.4 is 5.32 Å². The molecule has 1 spiro atoms. The van der Waals surface area contributed by atoms with Crippen molar-refractivity contribution in [3.63, 3.8) is 0 Å². The van der Waals surface area contributed by atoms with Crippen molar-refractivity contribution in [2.24, 2.45) is 0 Å². The van der Waals surface area contributed by atoms with Crippen LogP contribution in [0.3, 0.4) is 0 Å². The smallest absolute Gasteiger partial charge is 0.248 e. The van der Waals surface area contributed by atoms with Crippen LogP contribution in [0.15, 0.2) is 0 Å². The monoisotopic (exact) mass is 204 g/mol. The predicted molar refractivity (Wildman–Crippen MR) is 51.6 cm³/mol. The van der Waals surface area contributed by atoms with E-state index in [4.69, 9.17) is 0 Å². The van der Waals surface area contributed by atoms with E-state index in [2.05, 4.69) is 17.3 Å². The third kappa shape index (κ3) is 2.06. The molecule has 0 aromatic carbocycles. The second kappa shape index (κ2) is 3.42. The molecule has 2 rings (SSSR count). The van der Waals surface area contributed by atoms with Crippen molar-refractivity contribution >= 4 is 0 Å². The van der Waals surface area contributed by atoms with Gasteiger partial charge in [0, 0.05) is 38.0 Å². The molecule has 1 aliphatic carbocycles. The molecule has 0 amide bonds. The molecule has 82 valence electrons. The highest BCUT2D eigenvalue weighted by Crippen LogP contribution is 2.39. The van der Waals surface area contributed by atoms with Crippen molar-refractivity contribution in [2.45, 2.75) is 37.1 Å². The van der Waals surface area contributed by atoms with Crippen molar-refractivity contribution in [2.75, 3.05) is 26.7 Å². The Bertz CT molecular complexity index is 208. The Balaban J connectivity index is 1.98. The zero-order valence-corrected chi connectivity index (χ0v) is 8.65. The summed E-state index contributed by atoms with van der Waals surface area (Å²) >= 11 is 0. The number of halogens is 2. The van der Waals surface area contributed by atoms with Crippen LogP contribution in [-0.2, 0) is 0 Å². The third-order valence-corrected chi connectivity index (χ3v) is 3.50. The average Bonchev–Trinajstić information content (AvgIpc) is 2.12. The van der Waals surface area contributed by atoms with Gasteiger partial charge in [-0.15, -0.1) is 0 Å². The van der Waals surface area contributed by atoms with E-state index in [0.717, 1.165) is 19.6 Å². The van der Waals surface area contributed by atoms with Crippen LogP contribution >= 0.6 is 0 Å². The van der Waals surface area contributed by atoms with Crippen molar-refractivity contribution in [1.29, 1.82) is 0 Å². The summed E-state index contributed by atoms with van der Waals surface area (Å²) in [6.07, 6.45) is 1.33. The van der Waals surface area contributed by atoms with Crippen LogP contribution in [0, 0.1) is 0 Å². The molecule has 0 bridgehead atoms. The number of rotatable bonds is 0. The lowest BCUT2D eigenvalue weighted by molar-refractivity contribution is -0.0638. The van der Waals surface area contributed by atoms with Gasteiger partial charge in [-0.25, -0.2) is 8.78 Å². The first-order valence-electron chi connectivity index (χ1n) is 5.33. The van der Waals surface area contributed by atoms with Crippen molar-refractivity contribution in [1.82, 2.24) is 10.2 Å². The van der Waals surface area contributed by atoms with Gasteiger partial charge in [-0.3, -0.25) is 0 Å². The molecule has 14 heavy (non-hydrogen) atoms. The Morgan fingerprint density at radius 1 is 1.14 bits per heavy atom. The third-order valence-electron chi connectivity index (χ3n) is 3.50. The molecular weight excluding hydrogens is 186 g/mol. The molecule has 1 saturated heterocycles. The maximum Gasteiger partial charge on any atom is 0.248 e. The first kappa shape index (κ1) is 10.3. The van der Waals surface area contributed by atoms with Crippen LogP contribution in [-0.4, -0.2) is 43.0 Å². The Morgan fingerprint density at radius 3 is 2.36 bits per heavy atom. The van der Waals surface area contributed by atoms with Gasteiger partial charge < -0.3 is 10.2 Å². The van der Waals surface area contributed by atoms with Gasteiger partial charge >= 0.3 is 0 Å². The van der Waals surface area contributed by atoms with E-state index in [1.54, 1.807) is 0 Å². The minimum Gasteiger partial charge on any atom is -0.309 e. The van der Waals surface area contributed by atoms with Crippen LogP contribution in [0.4, 0.5) is 8.78 Å². The molecule has 1 N–H and O–H groups in total. The largest absolute Gasteiger partial charge is 0.309 e. The molecule has 2 aliphatic rings. The highest BCUT2D eigenvalue weighted by molar-refractivity contribution is 4.99. The second-order valence-corrected chi connectivity index (χ2v) is 4.80. The van der Waals surface area contributed by atoms with Gasteiger partial charge in [-0.2, -0.15) is 0 Å². The number of hydrogen-bond acceptors (Lipinski definition) is 2. The fourth-order valence-electron chi connectivity index (χ4n) is 2.59. The Kier molecular flexibility index (Phi) is 2.52. The van der Waals surface area contributed by atoms with Crippen molar-refractivity contribution < 1.29 is 8.78 Å². The molecule has 0 atom stereocenters. The Hall–Kier alpha value is -0.220. The van der Waals surface area contributed by atoms with Crippen LogP contribution in [0.2, 0.25) is 0 Å². The van der Waals surface area contributed by atoms with Crippen molar-refractivity contribution in [3.05, 3.63) is 0 Å². The summed E-state index contributed by atoms with van der Waals surface area (Å²) < 4.78 is 26.0. The van der Waals surface area contributed by atoms with E-state index in [1.165, 1.54) is 0 Å². The summed E-state index contributed by atoms with van der Waals surface area (Å²) in [7, 11) is 2.06. The number of nitrogens with zero attached hydrogens (tertiary/aromatic N) is 1. The zero-order valence-electron chi connectivity index (χ0n) is 8.65. The predicted octanol–water partition coefficient (Wildman–Crippen LogP) is 1.47. The minimum atomic E-state index is -2.41. The van der Waals surface area contributed by atoms with E-state index in [-0.39, 0.29) is 18.4 Å². The molecule has 1 aliphatic heterocycles. The molecule has 0 unspecified atom stereocenters. The summed E-state index contributed by atoms with van der Waals surface area (Å²) in [6.45, 7) is 2.88. The first-order chi connectivity index (χ1) is 6.52. The van der Waals surface area contributed by atoms with Gasteiger partial charge in [-0.1, -0.05) is 0 Å². The summed E-state index contributed by atoms with van der Waals surface area (Å²) in [4.78, 5) is 2.24. The minimum absolute atomic E-state index is 0.0192. The molecule has 0 radical (unpaired) electrons. The maximum absolute atomic E-state index is 13.0. The maximum atomic E-state index is 13.0. The fraction of sp³-hybridized carbons (Fsp3) is 1.00. The fourth-order valence-corrected chi connectivity index (χ4v) is 2.59. The van der Waals surface area contributed by atoms with E-state index in [9.17, 15) is 8.78 Å². The van der Waals surface area contributed by atoms with Gasteiger partial charge in [0.25, 0.3) is 0 Å². The molecule has 1 heterocycles. The van der Waals surface area contributed by atoms with Gasteiger partial charge in [0.15, 0.2) is 0 Å². The lowest BCUT2D eigenvalue weighted by atomic mass is 9.78. The SMILES string of the molecule is CN1CCNC2(CCC(F)(F)CC2)C1. The van der Waals surface area contributed by atoms with Gasteiger partial charge in [-0.05, 0) is 19.9 Å². The Labute approximate surface area is 83.7 Å². The second-order valence-electron chi connectivity index (χ2n) is 4.80. The standard InChI is InChI=1S/C10H18F2N2/c1-14-7-6-13-9(8-14)2-4-10(11,12)5-3-9/h13H,2-8H2,1H3. The quantitative estimate of drug-likeness (QED) is 0.643. The first-order valence-corrected chi connectivity index (χ1v) is 5.33. The molecule has 2 nitrogen and oxygen atoms in total. The Morgan fingerprint density at radius 2 is 1.79 bits per heavy atom. The molecule has 0 aromatic rings. The number of nitrogens with one attached hydrogen (secondary N) is 1. The van der Waals surface area contributed by atoms with E-state index < -0.39 is 5.92 Å². The van der Waals surface area contributed by atoms with Gasteiger partial charge in [0.1, 0.15) is 0 Å². The highest BCUT2D eigenvalue weighted by atomic mass is 19.3. The van der Waals surface area contributed by atoms with Crippen LogP contribution in [0.25, 0.3) is 0 Å². The van der Waals surface area contributed by atoms with E-state index in [1.807, 2.05) is 0 Å². The number of piperazine rings is 1. The number of alkyl halides is 2. The van der Waals surface area contributed by atoms with Gasteiger partial charge in [0.2, 0.25) is 5.92 Å². The number of likely N-dealkylation sites (N-methyl/N-ethyl adjacent to an activating group) is 1. The van der Waals surface area contributed by atoms with E-state index >= 15 is 0 Å². The summed E-state index contributed by atoms with van der Waals surface area (Å²) in [5.74, 6) is -2.41.